The Bertz CT molecular complexity index is 190. The molecule has 0 bridgehead atoms. The molecule has 0 unspecified atom stereocenters. The molecule has 0 aliphatic carbocycles. The van der Waals surface area contributed by atoms with Gasteiger partial charge in [-0.3, -0.25) is 0 Å². The summed E-state index contributed by atoms with van der Waals surface area (Å²) in [7, 11) is 0. The lowest BCUT2D eigenvalue weighted by Crippen LogP contribution is -2.44. The Hall–Kier alpha value is 0.400. The molecular formula is C14H28BrNO. The highest BCUT2D eigenvalue weighted by Crippen LogP contribution is 2.31. The molecule has 0 aromatic carbocycles. The number of nitrogens with zero attached hydrogens (tertiary/aromatic N) is 1. The maximum Gasteiger partial charge on any atom is 0.0599 e. The van der Waals surface area contributed by atoms with E-state index in [4.69, 9.17) is 4.74 Å². The van der Waals surface area contributed by atoms with Gasteiger partial charge < -0.3 is 9.64 Å². The molecule has 102 valence electrons. The summed E-state index contributed by atoms with van der Waals surface area (Å²) < 4.78 is 5.70. The molecular weight excluding hydrogens is 278 g/mol. The number of alkyl halides is 1. The van der Waals surface area contributed by atoms with E-state index in [1.54, 1.807) is 0 Å². The highest BCUT2D eigenvalue weighted by molar-refractivity contribution is 9.09. The van der Waals surface area contributed by atoms with Crippen LogP contribution in [0.1, 0.15) is 46.5 Å². The Kier molecular flexibility index (Phi) is 7.05. The van der Waals surface area contributed by atoms with Gasteiger partial charge in [0.15, 0.2) is 0 Å². The Balaban J connectivity index is 2.38. The second-order valence-electron chi connectivity index (χ2n) is 5.27. The zero-order valence-corrected chi connectivity index (χ0v) is 13.3. The lowest BCUT2D eigenvalue weighted by Gasteiger charge is -2.39. The molecule has 0 radical (unpaired) electrons. The summed E-state index contributed by atoms with van der Waals surface area (Å²) in [5.41, 5.74) is 0.471. The van der Waals surface area contributed by atoms with Gasteiger partial charge in [0.05, 0.1) is 6.10 Å². The second kappa shape index (κ2) is 7.75. The standard InChI is InChI=1S/C14H28BrNO/c1-4-14(5-2,11-15)12-16-9-7-13(8-10-16)17-6-3/h13H,4-12H2,1-3H3. The second-order valence-corrected chi connectivity index (χ2v) is 5.83. The molecule has 0 N–H and O–H groups in total. The quantitative estimate of drug-likeness (QED) is 0.665. The number of ether oxygens (including phenoxy) is 1. The summed E-state index contributed by atoms with van der Waals surface area (Å²) in [6.45, 7) is 11.2. The van der Waals surface area contributed by atoms with E-state index in [1.807, 2.05) is 0 Å². The molecule has 1 heterocycles. The number of hydrogen-bond donors (Lipinski definition) is 0. The van der Waals surface area contributed by atoms with Crippen LogP contribution >= 0.6 is 15.9 Å². The normalized spacial score (nSPS) is 19.8. The minimum absolute atomic E-state index is 0.471. The van der Waals surface area contributed by atoms with Crippen LogP contribution in [0.4, 0.5) is 0 Å². The monoisotopic (exact) mass is 305 g/mol. The highest BCUT2D eigenvalue weighted by atomic mass is 79.9. The Morgan fingerprint density at radius 3 is 2.18 bits per heavy atom. The van der Waals surface area contributed by atoms with E-state index >= 15 is 0 Å². The van der Waals surface area contributed by atoms with E-state index in [2.05, 4.69) is 41.6 Å². The third kappa shape index (κ3) is 4.53. The van der Waals surface area contributed by atoms with E-state index in [-0.39, 0.29) is 0 Å². The molecule has 1 saturated heterocycles. The summed E-state index contributed by atoms with van der Waals surface area (Å²) >= 11 is 3.71. The van der Waals surface area contributed by atoms with Gasteiger partial charge in [-0.05, 0) is 38.0 Å². The van der Waals surface area contributed by atoms with Crippen molar-refractivity contribution in [1.29, 1.82) is 0 Å². The van der Waals surface area contributed by atoms with E-state index < -0.39 is 0 Å². The van der Waals surface area contributed by atoms with E-state index in [1.165, 1.54) is 45.3 Å². The number of likely N-dealkylation sites (tertiary alicyclic amines) is 1. The summed E-state index contributed by atoms with van der Waals surface area (Å²) in [5.74, 6) is 0. The number of piperidine rings is 1. The minimum atomic E-state index is 0.471. The van der Waals surface area contributed by atoms with Crippen molar-refractivity contribution in [1.82, 2.24) is 4.90 Å². The summed E-state index contributed by atoms with van der Waals surface area (Å²) in [5, 5.41) is 1.12. The zero-order chi connectivity index (χ0) is 12.7. The van der Waals surface area contributed by atoms with Crippen molar-refractivity contribution in [3.05, 3.63) is 0 Å². The smallest absolute Gasteiger partial charge is 0.0599 e. The molecule has 1 fully saturated rings. The molecule has 1 rings (SSSR count). The number of hydrogen-bond acceptors (Lipinski definition) is 2. The lowest BCUT2D eigenvalue weighted by molar-refractivity contribution is 0.00504. The maximum absolute atomic E-state index is 5.70. The van der Waals surface area contributed by atoms with Gasteiger partial charge in [-0.2, -0.15) is 0 Å². The van der Waals surface area contributed by atoms with Crippen molar-refractivity contribution in [3.8, 4) is 0 Å². The lowest BCUT2D eigenvalue weighted by atomic mass is 9.83. The van der Waals surface area contributed by atoms with Crippen LogP contribution in [0.25, 0.3) is 0 Å². The molecule has 0 saturated carbocycles. The predicted octanol–water partition coefficient (Wildman–Crippen LogP) is 3.69. The molecule has 3 heteroatoms. The molecule has 1 aliphatic rings. The first kappa shape index (κ1) is 15.5. The fraction of sp³-hybridized carbons (Fsp3) is 1.00. The number of halogens is 1. The van der Waals surface area contributed by atoms with E-state index in [0.29, 0.717) is 11.5 Å². The summed E-state index contributed by atoms with van der Waals surface area (Å²) in [4.78, 5) is 2.63. The molecule has 0 spiro atoms. The fourth-order valence-electron chi connectivity index (χ4n) is 2.65. The topological polar surface area (TPSA) is 12.5 Å². The molecule has 1 aliphatic heterocycles. The van der Waals surface area contributed by atoms with Crippen LogP contribution in [-0.4, -0.2) is 42.6 Å². The van der Waals surface area contributed by atoms with Gasteiger partial charge in [0.2, 0.25) is 0 Å². The molecule has 0 aromatic heterocycles. The third-order valence-corrected chi connectivity index (χ3v) is 5.47. The van der Waals surface area contributed by atoms with E-state index in [0.717, 1.165) is 11.9 Å². The zero-order valence-electron chi connectivity index (χ0n) is 11.7. The Morgan fingerprint density at radius 1 is 1.18 bits per heavy atom. The third-order valence-electron chi connectivity index (χ3n) is 4.28. The average Bonchev–Trinajstić information content (AvgIpc) is 2.39. The summed E-state index contributed by atoms with van der Waals surface area (Å²) in [6, 6.07) is 0. The SMILES string of the molecule is CCOC1CCN(CC(CC)(CC)CBr)CC1. The van der Waals surface area contributed by atoms with Crippen LogP contribution in [0.3, 0.4) is 0 Å². The van der Waals surface area contributed by atoms with Gasteiger partial charge in [0.1, 0.15) is 0 Å². The molecule has 17 heavy (non-hydrogen) atoms. The van der Waals surface area contributed by atoms with Gasteiger partial charge in [0.25, 0.3) is 0 Å². The van der Waals surface area contributed by atoms with Gasteiger partial charge in [-0.15, -0.1) is 0 Å². The van der Waals surface area contributed by atoms with Gasteiger partial charge in [0, 0.05) is 31.6 Å². The highest BCUT2D eigenvalue weighted by Gasteiger charge is 2.29. The van der Waals surface area contributed by atoms with Crippen LogP contribution < -0.4 is 0 Å². The first-order valence-corrected chi connectivity index (χ1v) is 8.21. The average molecular weight is 306 g/mol. The summed E-state index contributed by atoms with van der Waals surface area (Å²) in [6.07, 6.45) is 5.46. The van der Waals surface area contributed by atoms with Crippen molar-refractivity contribution in [3.63, 3.8) is 0 Å². The van der Waals surface area contributed by atoms with Gasteiger partial charge >= 0.3 is 0 Å². The largest absolute Gasteiger partial charge is 0.378 e. The predicted molar refractivity (Wildman–Crippen MR) is 77.9 cm³/mol. The van der Waals surface area contributed by atoms with Gasteiger partial charge in [-0.1, -0.05) is 29.8 Å². The van der Waals surface area contributed by atoms with Crippen LogP contribution in [0.15, 0.2) is 0 Å². The van der Waals surface area contributed by atoms with Gasteiger partial charge in [-0.25, -0.2) is 0 Å². The minimum Gasteiger partial charge on any atom is -0.378 e. The van der Waals surface area contributed by atoms with Crippen molar-refractivity contribution in [2.45, 2.75) is 52.6 Å². The van der Waals surface area contributed by atoms with Crippen molar-refractivity contribution in [2.75, 3.05) is 31.6 Å². The van der Waals surface area contributed by atoms with E-state index in [9.17, 15) is 0 Å². The van der Waals surface area contributed by atoms with Crippen LogP contribution in [-0.2, 0) is 4.74 Å². The first-order chi connectivity index (χ1) is 8.19. The van der Waals surface area contributed by atoms with Crippen LogP contribution in [0.2, 0.25) is 0 Å². The van der Waals surface area contributed by atoms with Crippen molar-refractivity contribution >= 4 is 15.9 Å². The van der Waals surface area contributed by atoms with Crippen molar-refractivity contribution in [2.24, 2.45) is 5.41 Å². The molecule has 0 aromatic rings. The Morgan fingerprint density at radius 2 is 1.76 bits per heavy atom. The molecule has 0 atom stereocenters. The first-order valence-electron chi connectivity index (χ1n) is 7.09. The number of rotatable bonds is 7. The molecule has 2 nitrogen and oxygen atoms in total. The molecule has 0 amide bonds. The maximum atomic E-state index is 5.70. The van der Waals surface area contributed by atoms with Crippen LogP contribution in [0, 0.1) is 5.41 Å². The Labute approximate surface area is 115 Å². The fourth-order valence-corrected chi connectivity index (χ4v) is 3.62. The van der Waals surface area contributed by atoms with Crippen LogP contribution in [0.5, 0.6) is 0 Å². The van der Waals surface area contributed by atoms with Crippen molar-refractivity contribution < 1.29 is 4.74 Å².